The Bertz CT molecular complexity index is 935. The molecule has 1 unspecified atom stereocenters. The number of unbranched alkanes of at least 4 members (excludes halogenated alkanes) is 25. The topological polar surface area (TPSA) is 61.8 Å². The molecular formula is C51H92O5. The number of hydrogen-bond acceptors (Lipinski definition) is 5. The van der Waals surface area contributed by atoms with Crippen LogP contribution in [0.2, 0.25) is 0 Å². The third-order valence-electron chi connectivity index (χ3n) is 10.3. The molecule has 0 aliphatic rings. The molecule has 0 bridgehead atoms. The van der Waals surface area contributed by atoms with Gasteiger partial charge in [-0.25, -0.2) is 0 Å². The molecule has 0 radical (unpaired) electrons. The SMILES string of the molecule is CC/C=C\C/C=C\C/C=C\CCCCCCCCCC(=O)OCC(COCCCCCCCC/C=C\CCCCCCCC)OC(=O)CCCCCCCCC. The molecular weight excluding hydrogens is 693 g/mol. The third kappa shape index (κ3) is 44.6. The van der Waals surface area contributed by atoms with Crippen molar-refractivity contribution in [1.82, 2.24) is 0 Å². The predicted octanol–water partition coefficient (Wildman–Crippen LogP) is 16.0. The molecule has 0 aliphatic carbocycles. The van der Waals surface area contributed by atoms with Crippen molar-refractivity contribution in [3.63, 3.8) is 0 Å². The number of carbonyl (C=O) groups is 2. The van der Waals surface area contributed by atoms with Crippen LogP contribution >= 0.6 is 0 Å². The van der Waals surface area contributed by atoms with E-state index in [2.05, 4.69) is 69.4 Å². The summed E-state index contributed by atoms with van der Waals surface area (Å²) in [5, 5.41) is 0. The molecule has 0 heterocycles. The summed E-state index contributed by atoms with van der Waals surface area (Å²) in [7, 11) is 0. The normalized spacial score (nSPS) is 12.6. The number of hydrogen-bond donors (Lipinski definition) is 0. The molecule has 0 aliphatic heterocycles. The first-order valence-corrected chi connectivity index (χ1v) is 24.2. The van der Waals surface area contributed by atoms with Crippen LogP contribution in [0, 0.1) is 0 Å². The van der Waals surface area contributed by atoms with Crippen molar-refractivity contribution >= 4 is 11.9 Å². The van der Waals surface area contributed by atoms with Gasteiger partial charge in [0.05, 0.1) is 6.61 Å². The summed E-state index contributed by atoms with van der Waals surface area (Å²) in [5.41, 5.74) is 0. The number of rotatable bonds is 44. The Morgan fingerprint density at radius 1 is 0.411 bits per heavy atom. The number of allylic oxidation sites excluding steroid dienone is 8. The van der Waals surface area contributed by atoms with Gasteiger partial charge in [-0.05, 0) is 77.0 Å². The van der Waals surface area contributed by atoms with E-state index in [-0.39, 0.29) is 25.2 Å². The summed E-state index contributed by atoms with van der Waals surface area (Å²) in [5.74, 6) is -0.412. The van der Waals surface area contributed by atoms with Gasteiger partial charge >= 0.3 is 11.9 Å². The smallest absolute Gasteiger partial charge is 0.306 e. The van der Waals surface area contributed by atoms with E-state index in [1.807, 2.05) is 0 Å². The van der Waals surface area contributed by atoms with Gasteiger partial charge in [0.1, 0.15) is 6.61 Å². The van der Waals surface area contributed by atoms with Crippen molar-refractivity contribution < 1.29 is 23.8 Å². The molecule has 0 saturated heterocycles. The maximum Gasteiger partial charge on any atom is 0.306 e. The van der Waals surface area contributed by atoms with Gasteiger partial charge in [-0.1, -0.05) is 198 Å². The zero-order chi connectivity index (χ0) is 40.7. The summed E-state index contributed by atoms with van der Waals surface area (Å²) >= 11 is 0. The van der Waals surface area contributed by atoms with Gasteiger partial charge in [0.2, 0.25) is 0 Å². The predicted molar refractivity (Wildman–Crippen MR) is 242 cm³/mol. The van der Waals surface area contributed by atoms with Gasteiger partial charge in [-0.2, -0.15) is 0 Å². The standard InChI is InChI=1S/C51H92O5/c1-4-7-10-13-16-18-20-22-24-26-27-29-31-33-36-38-41-44-50(52)55-48-49(56-51(53)45-42-39-35-15-12-9-6-3)47-54-46-43-40-37-34-32-30-28-25-23-21-19-17-14-11-8-5-2/h7,10,16,18,22-25,49H,4-6,8-9,11-15,17,19-21,26-48H2,1-3H3/b10-7-,18-16-,24-22-,25-23-. The van der Waals surface area contributed by atoms with Gasteiger partial charge in [0.25, 0.3) is 0 Å². The Morgan fingerprint density at radius 2 is 0.804 bits per heavy atom. The van der Waals surface area contributed by atoms with Crippen molar-refractivity contribution in [1.29, 1.82) is 0 Å². The minimum Gasteiger partial charge on any atom is -0.462 e. The van der Waals surface area contributed by atoms with E-state index in [4.69, 9.17) is 14.2 Å². The lowest BCUT2D eigenvalue weighted by Crippen LogP contribution is -2.30. The van der Waals surface area contributed by atoms with Crippen molar-refractivity contribution in [3.8, 4) is 0 Å². The molecule has 0 aromatic rings. The van der Waals surface area contributed by atoms with E-state index in [0.717, 1.165) is 70.6 Å². The zero-order valence-electron chi connectivity index (χ0n) is 37.4. The summed E-state index contributed by atoms with van der Waals surface area (Å²) in [6.45, 7) is 7.67. The van der Waals surface area contributed by atoms with E-state index in [1.54, 1.807) is 0 Å². The van der Waals surface area contributed by atoms with Crippen molar-refractivity contribution in [2.24, 2.45) is 0 Å². The summed E-state index contributed by atoms with van der Waals surface area (Å²) < 4.78 is 17.3. The third-order valence-corrected chi connectivity index (χ3v) is 10.3. The minimum absolute atomic E-state index is 0.0794. The van der Waals surface area contributed by atoms with E-state index in [1.165, 1.54) is 135 Å². The molecule has 1 atom stereocenters. The Hall–Kier alpha value is -2.14. The summed E-state index contributed by atoms with van der Waals surface area (Å²) in [6.07, 6.45) is 56.9. The Morgan fingerprint density at radius 3 is 1.30 bits per heavy atom. The Labute approximate surface area is 348 Å². The highest BCUT2D eigenvalue weighted by Gasteiger charge is 2.17. The van der Waals surface area contributed by atoms with Crippen LogP contribution in [0.25, 0.3) is 0 Å². The molecule has 0 aromatic carbocycles. The lowest BCUT2D eigenvalue weighted by molar-refractivity contribution is -0.163. The fourth-order valence-electron chi connectivity index (χ4n) is 6.75. The molecule has 5 nitrogen and oxygen atoms in total. The molecule has 0 saturated carbocycles. The lowest BCUT2D eigenvalue weighted by atomic mass is 10.1. The Balaban J connectivity index is 4.14. The molecule has 0 fully saturated rings. The van der Waals surface area contributed by atoms with Crippen LogP contribution in [0.4, 0.5) is 0 Å². The average Bonchev–Trinajstić information content (AvgIpc) is 3.20. The first-order valence-electron chi connectivity index (χ1n) is 24.2. The fourth-order valence-corrected chi connectivity index (χ4v) is 6.75. The maximum absolute atomic E-state index is 12.6. The Kier molecular flexibility index (Phi) is 45.4. The van der Waals surface area contributed by atoms with Crippen LogP contribution in [0.3, 0.4) is 0 Å². The minimum atomic E-state index is -0.538. The van der Waals surface area contributed by atoms with Gasteiger partial charge in [0, 0.05) is 19.4 Å². The number of carbonyl (C=O) groups excluding carboxylic acids is 2. The van der Waals surface area contributed by atoms with E-state index in [0.29, 0.717) is 19.4 Å². The molecule has 56 heavy (non-hydrogen) atoms. The first-order chi connectivity index (χ1) is 27.6. The molecule has 326 valence electrons. The van der Waals surface area contributed by atoms with Gasteiger partial charge < -0.3 is 14.2 Å². The fraction of sp³-hybridized carbons (Fsp3) is 0.804. The average molecular weight is 785 g/mol. The van der Waals surface area contributed by atoms with Crippen molar-refractivity contribution in [2.45, 2.75) is 245 Å². The van der Waals surface area contributed by atoms with Crippen molar-refractivity contribution in [2.75, 3.05) is 19.8 Å². The second kappa shape index (κ2) is 47.2. The van der Waals surface area contributed by atoms with Crippen LogP contribution in [0.5, 0.6) is 0 Å². The van der Waals surface area contributed by atoms with Gasteiger partial charge in [-0.3, -0.25) is 9.59 Å². The van der Waals surface area contributed by atoms with Crippen LogP contribution in [0.1, 0.15) is 239 Å². The second-order valence-corrected chi connectivity index (χ2v) is 16.0. The van der Waals surface area contributed by atoms with E-state index < -0.39 is 6.10 Å². The summed E-state index contributed by atoms with van der Waals surface area (Å²) in [4.78, 5) is 25.2. The molecule has 0 N–H and O–H groups in total. The largest absolute Gasteiger partial charge is 0.462 e. The highest BCUT2D eigenvalue weighted by Crippen LogP contribution is 2.14. The number of esters is 2. The van der Waals surface area contributed by atoms with E-state index >= 15 is 0 Å². The molecule has 0 amide bonds. The molecule has 5 heteroatoms. The number of ether oxygens (including phenoxy) is 3. The first kappa shape index (κ1) is 53.9. The van der Waals surface area contributed by atoms with Crippen LogP contribution < -0.4 is 0 Å². The monoisotopic (exact) mass is 785 g/mol. The van der Waals surface area contributed by atoms with Crippen LogP contribution in [-0.2, 0) is 23.8 Å². The second-order valence-electron chi connectivity index (χ2n) is 16.0. The maximum atomic E-state index is 12.6. The zero-order valence-corrected chi connectivity index (χ0v) is 37.4. The highest BCUT2D eigenvalue weighted by atomic mass is 16.6. The van der Waals surface area contributed by atoms with E-state index in [9.17, 15) is 9.59 Å². The van der Waals surface area contributed by atoms with Gasteiger partial charge in [0.15, 0.2) is 6.10 Å². The quantitative estimate of drug-likeness (QED) is 0.0350. The van der Waals surface area contributed by atoms with Crippen LogP contribution in [0.15, 0.2) is 48.6 Å². The highest BCUT2D eigenvalue weighted by molar-refractivity contribution is 5.70. The molecule has 0 aromatic heterocycles. The lowest BCUT2D eigenvalue weighted by Gasteiger charge is -2.18. The van der Waals surface area contributed by atoms with Gasteiger partial charge in [-0.15, -0.1) is 0 Å². The molecule has 0 rings (SSSR count). The summed E-state index contributed by atoms with van der Waals surface area (Å²) in [6, 6.07) is 0. The van der Waals surface area contributed by atoms with Crippen LogP contribution in [-0.4, -0.2) is 37.9 Å². The van der Waals surface area contributed by atoms with Crippen molar-refractivity contribution in [3.05, 3.63) is 48.6 Å². The molecule has 0 spiro atoms.